The monoisotopic (exact) mass is 304 g/mol. The minimum Gasteiger partial charge on any atom is -0.364 e. The van der Waals surface area contributed by atoms with E-state index in [1.165, 1.54) is 12.3 Å². The van der Waals surface area contributed by atoms with E-state index in [1.807, 2.05) is 25.1 Å². The quantitative estimate of drug-likeness (QED) is 0.911. The van der Waals surface area contributed by atoms with E-state index < -0.39 is 0 Å². The van der Waals surface area contributed by atoms with Gasteiger partial charge in [0.2, 0.25) is 0 Å². The highest BCUT2D eigenvalue weighted by Crippen LogP contribution is 2.20. The Kier molecular flexibility index (Phi) is 4.81. The number of hydrogen-bond acceptors (Lipinski definition) is 2. The predicted octanol–water partition coefficient (Wildman–Crippen LogP) is 3.22. The van der Waals surface area contributed by atoms with Crippen LogP contribution in [0.25, 0.3) is 0 Å². The fourth-order valence-electron chi connectivity index (χ4n) is 2.13. The van der Waals surface area contributed by atoms with Crippen LogP contribution in [-0.4, -0.2) is 10.9 Å². The molecule has 0 bridgehead atoms. The van der Waals surface area contributed by atoms with Gasteiger partial charge in [-0.2, -0.15) is 0 Å². The number of pyridine rings is 1. The Bertz CT molecular complexity index is 709. The number of carbonyl (C=O) groups is 1. The molecule has 0 fully saturated rings. The number of H-pyrrole nitrogens is 1. The molecule has 0 saturated carbocycles. The van der Waals surface area contributed by atoms with Gasteiger partial charge in [0.1, 0.15) is 5.56 Å². The molecule has 110 valence electrons. The summed E-state index contributed by atoms with van der Waals surface area (Å²) in [4.78, 5) is 27.0. The van der Waals surface area contributed by atoms with Crippen LogP contribution in [0.2, 0.25) is 5.02 Å². The fraction of sp³-hybridized carbons (Fsp3) is 0.250. The van der Waals surface area contributed by atoms with Crippen molar-refractivity contribution in [3.8, 4) is 0 Å². The van der Waals surface area contributed by atoms with Crippen molar-refractivity contribution in [2.24, 2.45) is 0 Å². The summed E-state index contributed by atoms with van der Waals surface area (Å²) in [6.45, 7) is 3.73. The molecule has 1 aromatic heterocycles. The van der Waals surface area contributed by atoms with E-state index >= 15 is 0 Å². The molecule has 0 aliphatic carbocycles. The summed E-state index contributed by atoms with van der Waals surface area (Å²) in [6, 6.07) is 8.57. The number of carbonyl (C=O) groups excluding carboxylic acids is 1. The largest absolute Gasteiger partial charge is 0.364 e. The first-order valence-corrected chi connectivity index (χ1v) is 7.14. The molecule has 2 rings (SSSR count). The van der Waals surface area contributed by atoms with Crippen LogP contribution in [0.1, 0.15) is 41.0 Å². The van der Waals surface area contributed by atoms with Gasteiger partial charge in [0.15, 0.2) is 5.43 Å². The van der Waals surface area contributed by atoms with Gasteiger partial charge in [-0.25, -0.2) is 0 Å². The van der Waals surface area contributed by atoms with Crippen LogP contribution in [0.4, 0.5) is 0 Å². The minimum absolute atomic E-state index is 0.112. The molecule has 0 aliphatic rings. The normalized spacial score (nSPS) is 12.0. The fourth-order valence-corrected chi connectivity index (χ4v) is 2.33. The van der Waals surface area contributed by atoms with E-state index in [1.54, 1.807) is 13.0 Å². The lowest BCUT2D eigenvalue weighted by atomic mass is 10.0. The van der Waals surface area contributed by atoms with Crippen molar-refractivity contribution in [3.05, 3.63) is 68.6 Å². The topological polar surface area (TPSA) is 62.0 Å². The van der Waals surface area contributed by atoms with Crippen LogP contribution < -0.4 is 10.7 Å². The van der Waals surface area contributed by atoms with Crippen LogP contribution >= 0.6 is 11.6 Å². The van der Waals surface area contributed by atoms with Gasteiger partial charge in [0, 0.05) is 23.0 Å². The average Bonchev–Trinajstić information content (AvgIpc) is 2.44. The van der Waals surface area contributed by atoms with Gasteiger partial charge in [-0.15, -0.1) is 0 Å². The summed E-state index contributed by atoms with van der Waals surface area (Å²) >= 11 is 5.97. The van der Waals surface area contributed by atoms with Gasteiger partial charge in [0.25, 0.3) is 5.91 Å². The molecular formula is C16H17ClN2O2. The molecular weight excluding hydrogens is 288 g/mol. The molecule has 1 aromatic carbocycles. The van der Waals surface area contributed by atoms with Gasteiger partial charge >= 0.3 is 0 Å². The summed E-state index contributed by atoms with van der Waals surface area (Å²) in [7, 11) is 0. The van der Waals surface area contributed by atoms with Crippen molar-refractivity contribution in [2.75, 3.05) is 0 Å². The third kappa shape index (κ3) is 3.73. The summed E-state index contributed by atoms with van der Waals surface area (Å²) in [5.41, 5.74) is 1.46. The molecule has 2 aromatic rings. The van der Waals surface area contributed by atoms with Crippen molar-refractivity contribution in [2.45, 2.75) is 26.3 Å². The number of nitrogens with one attached hydrogen (secondary N) is 2. The maximum atomic E-state index is 12.2. The number of aromatic amines is 1. The second-order valence-corrected chi connectivity index (χ2v) is 5.32. The first-order chi connectivity index (χ1) is 10.0. The average molecular weight is 305 g/mol. The van der Waals surface area contributed by atoms with Crippen molar-refractivity contribution in [3.63, 3.8) is 0 Å². The highest BCUT2D eigenvalue weighted by molar-refractivity contribution is 6.30. The molecule has 1 heterocycles. The van der Waals surface area contributed by atoms with Gasteiger partial charge in [-0.05, 0) is 31.0 Å². The van der Waals surface area contributed by atoms with Crippen molar-refractivity contribution in [1.82, 2.24) is 10.3 Å². The molecule has 1 atom stereocenters. The Labute approximate surface area is 128 Å². The maximum Gasteiger partial charge on any atom is 0.257 e. The second-order valence-electron chi connectivity index (χ2n) is 4.88. The summed E-state index contributed by atoms with van der Waals surface area (Å²) in [6.07, 6.45) is 2.15. The molecule has 0 radical (unpaired) electrons. The third-order valence-electron chi connectivity index (χ3n) is 3.27. The first kappa shape index (κ1) is 15.3. The number of rotatable bonds is 4. The molecule has 1 unspecified atom stereocenters. The van der Waals surface area contributed by atoms with Crippen molar-refractivity contribution >= 4 is 17.5 Å². The van der Waals surface area contributed by atoms with E-state index in [2.05, 4.69) is 10.3 Å². The molecule has 0 aliphatic heterocycles. The van der Waals surface area contributed by atoms with Crippen LogP contribution in [0.3, 0.4) is 0 Å². The zero-order chi connectivity index (χ0) is 15.4. The maximum absolute atomic E-state index is 12.2. The molecule has 2 N–H and O–H groups in total. The van der Waals surface area contributed by atoms with E-state index in [0.29, 0.717) is 11.4 Å². The molecule has 1 amide bonds. The van der Waals surface area contributed by atoms with E-state index in [9.17, 15) is 9.59 Å². The Balaban J connectivity index is 2.22. The highest BCUT2D eigenvalue weighted by Gasteiger charge is 2.16. The predicted molar refractivity (Wildman–Crippen MR) is 83.7 cm³/mol. The van der Waals surface area contributed by atoms with Gasteiger partial charge in [-0.3, -0.25) is 9.59 Å². The Morgan fingerprint density at radius 3 is 2.76 bits per heavy atom. The lowest BCUT2D eigenvalue weighted by Gasteiger charge is -2.17. The lowest BCUT2D eigenvalue weighted by molar-refractivity contribution is 0.0934. The number of benzene rings is 1. The number of aromatic nitrogens is 1. The molecule has 0 spiro atoms. The Morgan fingerprint density at radius 2 is 2.14 bits per heavy atom. The van der Waals surface area contributed by atoms with E-state index in [0.717, 1.165) is 11.3 Å². The van der Waals surface area contributed by atoms with Gasteiger partial charge in [-0.1, -0.05) is 30.7 Å². The summed E-state index contributed by atoms with van der Waals surface area (Å²) < 4.78 is 0. The SMILES string of the molecule is CCC(NC(=O)c1c[nH]c(C)cc1=O)c1cccc(Cl)c1. The third-order valence-corrected chi connectivity index (χ3v) is 3.50. The Hall–Kier alpha value is -2.07. The van der Waals surface area contributed by atoms with E-state index in [-0.39, 0.29) is 22.9 Å². The number of amides is 1. The van der Waals surface area contributed by atoms with Gasteiger partial charge < -0.3 is 10.3 Å². The zero-order valence-electron chi connectivity index (χ0n) is 11.9. The van der Waals surface area contributed by atoms with Crippen LogP contribution in [0.15, 0.2) is 41.3 Å². The lowest BCUT2D eigenvalue weighted by Crippen LogP contribution is -2.32. The first-order valence-electron chi connectivity index (χ1n) is 6.77. The van der Waals surface area contributed by atoms with E-state index in [4.69, 9.17) is 11.6 Å². The van der Waals surface area contributed by atoms with Crippen molar-refractivity contribution in [1.29, 1.82) is 0 Å². The van der Waals surface area contributed by atoms with Gasteiger partial charge in [0.05, 0.1) is 6.04 Å². The van der Waals surface area contributed by atoms with Crippen molar-refractivity contribution < 1.29 is 4.79 Å². The minimum atomic E-state index is -0.386. The molecule has 21 heavy (non-hydrogen) atoms. The van der Waals surface area contributed by atoms with Crippen LogP contribution in [0, 0.1) is 6.92 Å². The van der Waals surface area contributed by atoms with Crippen LogP contribution in [-0.2, 0) is 0 Å². The molecule has 4 nitrogen and oxygen atoms in total. The summed E-state index contributed by atoms with van der Waals surface area (Å²) in [5.74, 6) is -0.386. The Morgan fingerprint density at radius 1 is 1.38 bits per heavy atom. The second kappa shape index (κ2) is 6.59. The number of aryl methyl sites for hydroxylation is 1. The number of halogens is 1. The highest BCUT2D eigenvalue weighted by atomic mass is 35.5. The summed E-state index contributed by atoms with van der Waals surface area (Å²) in [5, 5.41) is 3.49. The standard InChI is InChI=1S/C16H17ClN2O2/c1-3-14(11-5-4-6-12(17)8-11)19-16(21)13-9-18-10(2)7-15(13)20/h4-9,14H,3H2,1-2H3,(H,18,20)(H,19,21). The molecule has 0 saturated heterocycles. The smallest absolute Gasteiger partial charge is 0.257 e. The zero-order valence-corrected chi connectivity index (χ0v) is 12.7. The van der Waals surface area contributed by atoms with Crippen LogP contribution in [0.5, 0.6) is 0 Å². The number of hydrogen-bond donors (Lipinski definition) is 2. The molecule has 5 heteroatoms.